The molecule has 0 saturated carbocycles. The number of rotatable bonds is 4. The topological polar surface area (TPSA) is 4.93 Å². The average molecular weight is 928 g/mol. The molecule has 0 aliphatic carbocycles. The van der Waals surface area contributed by atoms with Gasteiger partial charge >= 0.3 is 0 Å². The van der Waals surface area contributed by atoms with Gasteiger partial charge in [-0.2, -0.15) is 0 Å². The van der Waals surface area contributed by atoms with E-state index in [9.17, 15) is 0 Å². The summed E-state index contributed by atoms with van der Waals surface area (Å²) >= 11 is 1.90. The molecule has 332 valence electrons. The summed E-state index contributed by atoms with van der Waals surface area (Å²) in [6.45, 7) is 0. The first-order valence-electron chi connectivity index (χ1n) is 24.9. The van der Waals surface area contributed by atoms with Crippen molar-refractivity contribution < 1.29 is 0 Å². The third-order valence-electron chi connectivity index (χ3n) is 15.7. The lowest BCUT2D eigenvalue weighted by Crippen LogP contribution is -1.95. The second-order valence-corrected chi connectivity index (χ2v) is 20.5. The lowest BCUT2D eigenvalue weighted by atomic mass is 9.81. The van der Waals surface area contributed by atoms with E-state index in [-0.39, 0.29) is 0 Å². The summed E-state index contributed by atoms with van der Waals surface area (Å²) in [6, 6.07) is 93.1. The number of fused-ring (bicyclic) bond motifs is 16. The van der Waals surface area contributed by atoms with Crippen molar-refractivity contribution in [2.45, 2.75) is 0 Å². The van der Waals surface area contributed by atoms with Gasteiger partial charge in [0.15, 0.2) is 0 Å². The molecule has 0 saturated heterocycles. The number of thiophene rings is 1. The summed E-state index contributed by atoms with van der Waals surface area (Å²) in [6.07, 6.45) is 0. The molecule has 2 heterocycles. The van der Waals surface area contributed by atoms with Gasteiger partial charge in [0, 0.05) is 36.6 Å². The molecule has 0 radical (unpaired) electrons. The minimum absolute atomic E-state index is 1.17. The maximum atomic E-state index is 2.48. The molecular formula is C70H41NS. The fourth-order valence-corrected chi connectivity index (χ4v) is 13.8. The van der Waals surface area contributed by atoms with Crippen LogP contribution in [0.5, 0.6) is 0 Å². The predicted octanol–water partition coefficient (Wildman–Crippen LogP) is 20.2. The molecule has 0 bridgehead atoms. The van der Waals surface area contributed by atoms with E-state index in [0.29, 0.717) is 0 Å². The number of para-hydroxylation sites is 2. The minimum Gasteiger partial charge on any atom is -0.309 e. The van der Waals surface area contributed by atoms with Crippen LogP contribution < -0.4 is 0 Å². The Morgan fingerprint density at radius 1 is 0.208 bits per heavy atom. The van der Waals surface area contributed by atoms with Gasteiger partial charge in [-0.1, -0.05) is 194 Å². The summed E-state index contributed by atoms with van der Waals surface area (Å²) < 4.78 is 5.03. The predicted molar refractivity (Wildman–Crippen MR) is 313 cm³/mol. The fraction of sp³-hybridized carbons (Fsp3) is 0. The Kier molecular flexibility index (Phi) is 8.39. The van der Waals surface area contributed by atoms with Crippen molar-refractivity contribution in [3.05, 3.63) is 249 Å². The van der Waals surface area contributed by atoms with Gasteiger partial charge in [-0.3, -0.25) is 0 Å². The van der Waals surface area contributed by atoms with Gasteiger partial charge in [0.05, 0.1) is 11.0 Å². The fourth-order valence-electron chi connectivity index (χ4n) is 12.7. The second-order valence-electron chi connectivity index (χ2n) is 19.4. The number of hydrogen-bond acceptors (Lipinski definition) is 1. The molecule has 1 nitrogen and oxygen atoms in total. The third-order valence-corrected chi connectivity index (χ3v) is 16.8. The van der Waals surface area contributed by atoms with E-state index in [4.69, 9.17) is 0 Å². The molecule has 0 unspecified atom stereocenters. The molecule has 0 amide bonds. The van der Waals surface area contributed by atoms with Gasteiger partial charge in [0.25, 0.3) is 0 Å². The molecule has 2 aromatic heterocycles. The lowest BCUT2D eigenvalue weighted by molar-refractivity contribution is 1.18. The number of aromatic nitrogens is 1. The summed E-state index contributed by atoms with van der Waals surface area (Å²) in [4.78, 5) is 0. The first kappa shape index (κ1) is 39.7. The van der Waals surface area contributed by atoms with E-state index >= 15 is 0 Å². The molecule has 0 aliphatic heterocycles. The van der Waals surface area contributed by atoms with E-state index in [1.807, 2.05) is 11.3 Å². The number of hydrogen-bond donors (Lipinski definition) is 0. The monoisotopic (exact) mass is 927 g/mol. The van der Waals surface area contributed by atoms with Gasteiger partial charge in [0.1, 0.15) is 0 Å². The van der Waals surface area contributed by atoms with E-state index in [2.05, 4.69) is 253 Å². The Labute approximate surface area is 418 Å². The molecule has 72 heavy (non-hydrogen) atoms. The maximum absolute atomic E-state index is 2.48. The average Bonchev–Trinajstić information content (AvgIpc) is 3.98. The van der Waals surface area contributed by atoms with Gasteiger partial charge in [-0.25, -0.2) is 0 Å². The van der Waals surface area contributed by atoms with Crippen LogP contribution >= 0.6 is 11.3 Å². The minimum atomic E-state index is 1.17. The number of nitrogens with zero attached hydrogens (tertiary/aromatic N) is 1. The van der Waals surface area contributed by atoms with Crippen molar-refractivity contribution in [3.8, 4) is 39.1 Å². The van der Waals surface area contributed by atoms with Gasteiger partial charge in [-0.05, 0) is 163 Å². The Bertz CT molecular complexity index is 4860. The van der Waals surface area contributed by atoms with Crippen molar-refractivity contribution in [3.63, 3.8) is 0 Å². The van der Waals surface area contributed by atoms with Gasteiger partial charge in [-0.15, -0.1) is 11.3 Å². The molecule has 0 spiro atoms. The van der Waals surface area contributed by atoms with E-state index in [0.717, 1.165) is 0 Å². The first-order valence-corrected chi connectivity index (χ1v) is 25.7. The molecule has 0 N–H and O–H groups in total. The third kappa shape index (κ3) is 5.58. The van der Waals surface area contributed by atoms with Crippen molar-refractivity contribution in [2.75, 3.05) is 0 Å². The van der Waals surface area contributed by atoms with Crippen molar-refractivity contribution >= 4 is 129 Å². The van der Waals surface area contributed by atoms with Crippen LogP contribution in [-0.4, -0.2) is 4.57 Å². The van der Waals surface area contributed by atoms with Crippen molar-refractivity contribution in [1.29, 1.82) is 0 Å². The quantitative estimate of drug-likeness (QED) is 0.122. The van der Waals surface area contributed by atoms with Gasteiger partial charge < -0.3 is 4.57 Å². The highest BCUT2D eigenvalue weighted by atomic mass is 32.1. The molecule has 0 atom stereocenters. The zero-order valence-corrected chi connectivity index (χ0v) is 39.8. The molecule has 2 heteroatoms. The smallest absolute Gasteiger partial charge is 0.0541 e. The lowest BCUT2D eigenvalue weighted by Gasteiger charge is -2.22. The Morgan fingerprint density at radius 3 is 1.08 bits per heavy atom. The molecule has 14 aromatic carbocycles. The van der Waals surface area contributed by atoms with Crippen LogP contribution in [0.25, 0.3) is 156 Å². The normalized spacial score (nSPS) is 12.2. The highest BCUT2D eigenvalue weighted by Crippen LogP contribution is 2.51. The first-order chi connectivity index (χ1) is 35.7. The SMILES string of the molecule is c1ccc(-n2c3ccccc3c3cc(-c4c5ccccc5c(-c5c6ccccc6c(-c6ccc7sc8cc9c%10ccccc%10c%10ccccc%10c9cc8c7c6)c6ccccc56)c5ccccc45)ccc32)cc1. The van der Waals surface area contributed by atoms with Crippen molar-refractivity contribution in [2.24, 2.45) is 0 Å². The highest BCUT2D eigenvalue weighted by molar-refractivity contribution is 7.25. The summed E-state index contributed by atoms with van der Waals surface area (Å²) in [7, 11) is 0. The number of benzene rings is 14. The van der Waals surface area contributed by atoms with Crippen LogP contribution in [0.4, 0.5) is 0 Å². The maximum Gasteiger partial charge on any atom is 0.0541 e. The van der Waals surface area contributed by atoms with Crippen LogP contribution in [0.3, 0.4) is 0 Å². The van der Waals surface area contributed by atoms with E-state index in [1.54, 1.807) is 0 Å². The van der Waals surface area contributed by atoms with Crippen LogP contribution in [0.1, 0.15) is 0 Å². The zero-order chi connectivity index (χ0) is 47.0. The van der Waals surface area contributed by atoms with Crippen molar-refractivity contribution in [1.82, 2.24) is 4.57 Å². The van der Waals surface area contributed by atoms with Crippen LogP contribution in [0, 0.1) is 0 Å². The Morgan fingerprint density at radius 2 is 0.569 bits per heavy atom. The molecule has 16 aromatic rings. The highest BCUT2D eigenvalue weighted by Gasteiger charge is 2.24. The Balaban J connectivity index is 0.941. The molecule has 0 aliphatic rings. The van der Waals surface area contributed by atoms with Crippen LogP contribution in [-0.2, 0) is 0 Å². The molecular weight excluding hydrogens is 887 g/mol. The second kappa shape index (κ2) is 15.2. The zero-order valence-electron chi connectivity index (χ0n) is 39.0. The summed E-state index contributed by atoms with van der Waals surface area (Å²) in [5, 5.41) is 23.0. The summed E-state index contributed by atoms with van der Waals surface area (Å²) in [5.74, 6) is 0. The van der Waals surface area contributed by atoms with Crippen LogP contribution in [0.15, 0.2) is 249 Å². The summed E-state index contributed by atoms with van der Waals surface area (Å²) in [5.41, 5.74) is 11.1. The van der Waals surface area contributed by atoms with E-state index < -0.39 is 0 Å². The van der Waals surface area contributed by atoms with Gasteiger partial charge in [0.2, 0.25) is 0 Å². The van der Waals surface area contributed by atoms with Crippen LogP contribution in [0.2, 0.25) is 0 Å². The van der Waals surface area contributed by atoms with E-state index in [1.165, 1.54) is 156 Å². The molecule has 16 rings (SSSR count). The largest absolute Gasteiger partial charge is 0.309 e. The Hall–Kier alpha value is -9.08. The molecule has 0 fully saturated rings. The standard InChI is InChI=1S/C70H41NS/c1-2-18-44(19-3-1)71-63-33-17-16-24-49(63)60-38-42(34-36-64(60)71)67-50-25-8-12-29-54(50)69(55-30-13-9-26-51(55)67)70-56-31-14-10-27-52(56)68(53-28-11-15-32-57(53)70)43-35-37-65-61(39-43)62-40-58-47-22-6-4-20-45(47)46-21-5-7-23-48(46)59(58)41-66(62)72-65/h1-41H.